The Labute approximate surface area is 106 Å². The van der Waals surface area contributed by atoms with Crippen molar-refractivity contribution in [1.82, 2.24) is 14.9 Å². The number of hydrogen-bond acceptors (Lipinski definition) is 5. The molecule has 1 atom stereocenters. The van der Waals surface area contributed by atoms with Crippen molar-refractivity contribution in [1.29, 1.82) is 0 Å². The minimum Gasteiger partial charge on any atom is -0.372 e. The van der Waals surface area contributed by atoms with Crippen molar-refractivity contribution in [2.75, 3.05) is 31.4 Å². The number of amides is 1. The number of anilines is 1. The number of carbonyl (C=O) groups is 1. The Kier molecular flexibility index (Phi) is 5.21. The van der Waals surface area contributed by atoms with Crippen molar-refractivity contribution in [3.05, 3.63) is 18.1 Å². The second kappa shape index (κ2) is 6.44. The van der Waals surface area contributed by atoms with Gasteiger partial charge in [-0.25, -0.2) is 4.98 Å². The molecule has 1 unspecified atom stereocenters. The molecule has 0 saturated heterocycles. The van der Waals surface area contributed by atoms with Crippen LogP contribution in [0.1, 0.15) is 17.4 Å². The predicted molar refractivity (Wildman–Crippen MR) is 71.5 cm³/mol. The largest absolute Gasteiger partial charge is 0.372 e. The Balaban J connectivity index is 2.80. The lowest BCUT2D eigenvalue weighted by Gasteiger charge is -2.23. The summed E-state index contributed by atoms with van der Waals surface area (Å²) in [7, 11) is 3.54. The highest BCUT2D eigenvalue weighted by Gasteiger charge is 2.18. The average molecular weight is 254 g/mol. The van der Waals surface area contributed by atoms with Gasteiger partial charge in [0.1, 0.15) is 11.5 Å². The van der Waals surface area contributed by atoms with Crippen LogP contribution in [0.15, 0.2) is 12.4 Å². The van der Waals surface area contributed by atoms with Crippen molar-refractivity contribution in [2.45, 2.75) is 13.0 Å². The minimum atomic E-state index is -0.101. The zero-order valence-electron chi connectivity index (χ0n) is 10.6. The summed E-state index contributed by atoms with van der Waals surface area (Å²) in [5.41, 5.74) is 0.368. The molecule has 0 aliphatic heterocycles. The molecule has 0 fully saturated rings. The third kappa shape index (κ3) is 3.59. The summed E-state index contributed by atoms with van der Waals surface area (Å²) in [5.74, 6) is 1.40. The topological polar surface area (TPSA) is 58.1 Å². The molecule has 94 valence electrons. The van der Waals surface area contributed by atoms with Gasteiger partial charge in [0.15, 0.2) is 0 Å². The molecule has 1 N–H and O–H groups in total. The number of rotatable bonds is 5. The first kappa shape index (κ1) is 13.8. The van der Waals surface area contributed by atoms with Crippen LogP contribution in [0.3, 0.4) is 0 Å². The fourth-order valence-corrected chi connectivity index (χ4v) is 2.03. The lowest BCUT2D eigenvalue weighted by atomic mass is 10.3. The second-order valence-electron chi connectivity index (χ2n) is 3.76. The Morgan fingerprint density at radius 1 is 1.59 bits per heavy atom. The monoisotopic (exact) mass is 254 g/mol. The van der Waals surface area contributed by atoms with Gasteiger partial charge in [-0.15, -0.1) is 0 Å². The molecule has 0 aliphatic carbocycles. The van der Waals surface area contributed by atoms with Crippen LogP contribution in [0.5, 0.6) is 0 Å². The van der Waals surface area contributed by atoms with Crippen molar-refractivity contribution in [3.8, 4) is 0 Å². The molecular weight excluding hydrogens is 236 g/mol. The Morgan fingerprint density at radius 2 is 2.29 bits per heavy atom. The first-order chi connectivity index (χ1) is 8.10. The molecule has 17 heavy (non-hydrogen) atoms. The van der Waals surface area contributed by atoms with Gasteiger partial charge >= 0.3 is 0 Å². The number of nitrogens with zero attached hydrogens (tertiary/aromatic N) is 3. The fraction of sp³-hybridized carbons (Fsp3) is 0.545. The quantitative estimate of drug-likeness (QED) is 0.859. The number of aromatic nitrogens is 2. The number of nitrogens with one attached hydrogen (secondary N) is 1. The molecule has 0 radical (unpaired) electrons. The van der Waals surface area contributed by atoms with Gasteiger partial charge < -0.3 is 10.2 Å². The fourth-order valence-electron chi connectivity index (χ4n) is 1.32. The first-order valence-corrected chi connectivity index (χ1v) is 6.75. The predicted octanol–water partition coefficient (Wildman–Crippen LogP) is 1.34. The maximum absolute atomic E-state index is 12.1. The van der Waals surface area contributed by atoms with E-state index in [2.05, 4.69) is 15.3 Å². The lowest BCUT2D eigenvalue weighted by Crippen LogP contribution is -2.37. The van der Waals surface area contributed by atoms with Gasteiger partial charge in [0.2, 0.25) is 0 Å². The van der Waals surface area contributed by atoms with Crippen LogP contribution < -0.4 is 5.32 Å². The van der Waals surface area contributed by atoms with Gasteiger partial charge in [0.05, 0.1) is 12.4 Å². The molecule has 0 bridgehead atoms. The van der Waals surface area contributed by atoms with E-state index in [-0.39, 0.29) is 11.9 Å². The third-order valence-electron chi connectivity index (χ3n) is 2.50. The van der Waals surface area contributed by atoms with Crippen LogP contribution >= 0.6 is 11.8 Å². The number of thioether (sulfide) groups is 1. The van der Waals surface area contributed by atoms with Crippen molar-refractivity contribution in [3.63, 3.8) is 0 Å². The molecule has 0 saturated carbocycles. The first-order valence-electron chi connectivity index (χ1n) is 5.36. The number of hydrogen-bond donors (Lipinski definition) is 1. The van der Waals surface area contributed by atoms with E-state index in [0.29, 0.717) is 11.5 Å². The van der Waals surface area contributed by atoms with Crippen molar-refractivity contribution >= 4 is 23.5 Å². The Bertz CT molecular complexity index is 385. The maximum Gasteiger partial charge on any atom is 0.274 e. The Hall–Kier alpha value is -1.30. The van der Waals surface area contributed by atoms with Gasteiger partial charge in [-0.1, -0.05) is 0 Å². The van der Waals surface area contributed by atoms with E-state index in [1.165, 1.54) is 6.20 Å². The van der Waals surface area contributed by atoms with Crippen LogP contribution in [0.2, 0.25) is 0 Å². The minimum absolute atomic E-state index is 0.101. The van der Waals surface area contributed by atoms with Gasteiger partial charge in [0, 0.05) is 25.9 Å². The van der Waals surface area contributed by atoms with Gasteiger partial charge in [-0.3, -0.25) is 9.78 Å². The van der Waals surface area contributed by atoms with E-state index in [1.54, 1.807) is 37.0 Å². The van der Waals surface area contributed by atoms with Crippen LogP contribution in [-0.4, -0.2) is 52.9 Å². The van der Waals surface area contributed by atoms with Gasteiger partial charge in [0.25, 0.3) is 5.91 Å². The molecule has 1 amide bonds. The van der Waals surface area contributed by atoms with Crippen LogP contribution in [-0.2, 0) is 0 Å². The number of carbonyl (C=O) groups excluding carboxylic acids is 1. The maximum atomic E-state index is 12.1. The van der Waals surface area contributed by atoms with E-state index < -0.39 is 0 Å². The van der Waals surface area contributed by atoms with E-state index >= 15 is 0 Å². The third-order valence-corrected chi connectivity index (χ3v) is 3.31. The van der Waals surface area contributed by atoms with Crippen LogP contribution in [0, 0.1) is 0 Å². The highest BCUT2D eigenvalue weighted by Crippen LogP contribution is 2.09. The zero-order chi connectivity index (χ0) is 12.8. The molecule has 0 spiro atoms. The molecule has 6 heteroatoms. The standard InChI is InChI=1S/C11H18N4OS/c1-8(7-17-4)15(3)11(16)9-5-13-6-10(12-2)14-9/h5-6,8H,7H2,1-4H3,(H,12,14). The molecule has 0 aromatic carbocycles. The SMILES string of the molecule is CNc1cncc(C(=O)N(C)C(C)CSC)n1. The highest BCUT2D eigenvalue weighted by atomic mass is 32.2. The summed E-state index contributed by atoms with van der Waals surface area (Å²) in [6.45, 7) is 2.02. The van der Waals surface area contributed by atoms with E-state index in [4.69, 9.17) is 0 Å². The molecule has 1 heterocycles. The van der Waals surface area contributed by atoms with Gasteiger partial charge in [-0.05, 0) is 13.2 Å². The molecule has 0 aliphatic rings. The Morgan fingerprint density at radius 3 is 2.88 bits per heavy atom. The molecule has 1 rings (SSSR count). The van der Waals surface area contributed by atoms with E-state index in [0.717, 1.165) is 5.75 Å². The molecule has 1 aromatic rings. The highest BCUT2D eigenvalue weighted by molar-refractivity contribution is 7.98. The van der Waals surface area contributed by atoms with E-state index in [9.17, 15) is 4.79 Å². The normalized spacial score (nSPS) is 12.0. The summed E-state index contributed by atoms with van der Waals surface area (Å²) < 4.78 is 0. The summed E-state index contributed by atoms with van der Waals surface area (Å²) in [6.07, 6.45) is 5.10. The van der Waals surface area contributed by atoms with Crippen LogP contribution in [0.4, 0.5) is 5.82 Å². The zero-order valence-corrected chi connectivity index (χ0v) is 11.4. The second-order valence-corrected chi connectivity index (χ2v) is 4.67. The lowest BCUT2D eigenvalue weighted by molar-refractivity contribution is 0.0751. The summed E-state index contributed by atoms with van der Waals surface area (Å²) in [6, 6.07) is 0.178. The van der Waals surface area contributed by atoms with E-state index in [1.807, 2.05) is 13.2 Å². The van der Waals surface area contributed by atoms with Crippen LogP contribution in [0.25, 0.3) is 0 Å². The smallest absolute Gasteiger partial charge is 0.274 e. The van der Waals surface area contributed by atoms with Crippen molar-refractivity contribution in [2.24, 2.45) is 0 Å². The van der Waals surface area contributed by atoms with Gasteiger partial charge in [-0.2, -0.15) is 11.8 Å². The van der Waals surface area contributed by atoms with Crippen molar-refractivity contribution < 1.29 is 4.79 Å². The summed E-state index contributed by atoms with van der Waals surface area (Å²) in [4.78, 5) is 22.0. The molecule has 1 aromatic heterocycles. The average Bonchev–Trinajstić information content (AvgIpc) is 2.37. The summed E-state index contributed by atoms with van der Waals surface area (Å²) >= 11 is 1.72. The molecular formula is C11H18N4OS. The molecule has 5 nitrogen and oxygen atoms in total. The summed E-state index contributed by atoms with van der Waals surface area (Å²) in [5, 5.41) is 2.87.